The molecule has 0 fully saturated rings. The van der Waals surface area contributed by atoms with E-state index in [0.717, 1.165) is 6.07 Å². The number of methoxy groups -OCH3 is 2. The third kappa shape index (κ3) is 2.87. The zero-order valence-electron chi connectivity index (χ0n) is 11.1. The second-order valence-electron chi connectivity index (χ2n) is 3.92. The highest BCUT2D eigenvalue weighted by molar-refractivity contribution is 6.03. The van der Waals surface area contributed by atoms with E-state index in [1.54, 1.807) is 0 Å². The van der Waals surface area contributed by atoms with Crippen LogP contribution >= 0.6 is 0 Å². The van der Waals surface area contributed by atoms with Gasteiger partial charge in [-0.25, -0.2) is 0 Å². The third-order valence-electron chi connectivity index (χ3n) is 2.72. The lowest BCUT2D eigenvalue weighted by molar-refractivity contribution is -0.326. The lowest BCUT2D eigenvalue weighted by Gasteiger charge is -2.23. The summed E-state index contributed by atoms with van der Waals surface area (Å²) in [7, 11) is 2.62. The van der Waals surface area contributed by atoms with Crippen LogP contribution in [0.25, 0.3) is 0 Å². The van der Waals surface area contributed by atoms with Gasteiger partial charge in [0.2, 0.25) is 0 Å². The summed E-state index contributed by atoms with van der Waals surface area (Å²) in [6.45, 7) is 1.17. The van der Waals surface area contributed by atoms with E-state index in [4.69, 9.17) is 9.47 Å². The smallest absolute Gasteiger partial charge is 0.161 e. The van der Waals surface area contributed by atoms with Crippen LogP contribution in [0.15, 0.2) is 12.1 Å². The molecule has 1 aromatic rings. The molecule has 108 valence electrons. The molecule has 20 heavy (non-hydrogen) atoms. The number of Topliss-reactive ketones (excluding diaryl/α,β-unsaturated/α-hetero) is 1. The van der Waals surface area contributed by atoms with Crippen molar-refractivity contribution in [2.75, 3.05) is 14.2 Å². The number of carbonyl (C=O) groups is 3. The number of aliphatic carboxylic acids is 2. The molecule has 1 rings (SSSR count). The number of rotatable bonds is 6. The second-order valence-corrected chi connectivity index (χ2v) is 3.92. The van der Waals surface area contributed by atoms with Crippen molar-refractivity contribution in [1.82, 2.24) is 0 Å². The molecule has 0 bridgehead atoms. The van der Waals surface area contributed by atoms with E-state index in [9.17, 15) is 24.6 Å². The molecule has 0 amide bonds. The number of ether oxygens (including phenoxy) is 2. The summed E-state index contributed by atoms with van der Waals surface area (Å²) in [6.07, 6.45) is 0. The van der Waals surface area contributed by atoms with Crippen molar-refractivity contribution in [1.29, 1.82) is 0 Å². The second kappa shape index (κ2) is 6.05. The average Bonchev–Trinajstić information content (AvgIpc) is 2.36. The van der Waals surface area contributed by atoms with Crippen molar-refractivity contribution in [2.45, 2.75) is 12.8 Å². The van der Waals surface area contributed by atoms with Crippen LogP contribution in [0, 0.1) is 0 Å². The Morgan fingerprint density at radius 3 is 1.80 bits per heavy atom. The van der Waals surface area contributed by atoms with Gasteiger partial charge in [-0.2, -0.15) is 0 Å². The Hall–Kier alpha value is -2.57. The Morgan fingerprint density at radius 1 is 1.00 bits per heavy atom. The number of carboxylic acid groups (broad SMARTS) is 2. The first kappa shape index (κ1) is 15.5. The molecule has 7 heteroatoms. The van der Waals surface area contributed by atoms with Crippen LogP contribution in [0.4, 0.5) is 0 Å². The molecule has 0 aliphatic heterocycles. The zero-order chi connectivity index (χ0) is 15.4. The van der Waals surface area contributed by atoms with Gasteiger partial charge in [0, 0.05) is 5.56 Å². The Bertz CT molecular complexity index is 548. The quantitative estimate of drug-likeness (QED) is 0.459. The van der Waals surface area contributed by atoms with Gasteiger partial charge in [-0.3, -0.25) is 4.79 Å². The fourth-order valence-corrected chi connectivity index (χ4v) is 1.79. The van der Waals surface area contributed by atoms with Gasteiger partial charge in [0.1, 0.15) is 0 Å². The molecule has 0 saturated carbocycles. The Balaban J connectivity index is 3.61. The van der Waals surface area contributed by atoms with Crippen LogP contribution in [0.1, 0.15) is 28.8 Å². The van der Waals surface area contributed by atoms with Crippen LogP contribution in [0.5, 0.6) is 11.5 Å². The first-order chi connectivity index (χ1) is 9.33. The number of benzene rings is 1. The topological polar surface area (TPSA) is 116 Å². The molecule has 1 aromatic carbocycles. The molecular formula is C13H12O7-2. The highest BCUT2D eigenvalue weighted by Crippen LogP contribution is 2.34. The first-order valence-electron chi connectivity index (χ1n) is 5.52. The number of carboxylic acids is 2. The molecule has 0 unspecified atom stereocenters. The summed E-state index contributed by atoms with van der Waals surface area (Å²) < 4.78 is 9.94. The predicted octanol–water partition coefficient (Wildman–Crippen LogP) is -1.51. The monoisotopic (exact) mass is 280 g/mol. The lowest BCUT2D eigenvalue weighted by atomic mass is 9.92. The molecule has 7 nitrogen and oxygen atoms in total. The summed E-state index contributed by atoms with van der Waals surface area (Å²) in [5, 5.41) is 21.9. The van der Waals surface area contributed by atoms with Crippen LogP contribution in [-0.2, 0) is 9.59 Å². The maximum absolute atomic E-state index is 11.6. The van der Waals surface area contributed by atoms with Crippen molar-refractivity contribution in [2.24, 2.45) is 0 Å². The summed E-state index contributed by atoms with van der Waals surface area (Å²) in [6, 6.07) is 2.33. The molecule has 0 aliphatic rings. The highest BCUT2D eigenvalue weighted by atomic mass is 16.5. The number of hydrogen-bond donors (Lipinski definition) is 0. The summed E-state index contributed by atoms with van der Waals surface area (Å²) in [5.74, 6) is -6.07. The van der Waals surface area contributed by atoms with Gasteiger partial charge in [-0.15, -0.1) is 0 Å². The highest BCUT2D eigenvalue weighted by Gasteiger charge is 2.23. The van der Waals surface area contributed by atoms with Crippen molar-refractivity contribution >= 4 is 17.7 Å². The van der Waals surface area contributed by atoms with Gasteiger partial charge >= 0.3 is 0 Å². The SMILES string of the molecule is COc1cc(C(C)=O)c(C(C(=O)[O-])C(=O)[O-])cc1OC. The van der Waals surface area contributed by atoms with Crippen LogP contribution < -0.4 is 19.7 Å². The summed E-state index contributed by atoms with van der Waals surface area (Å²) in [5.41, 5.74) is -0.379. The Morgan fingerprint density at radius 2 is 1.45 bits per heavy atom. The summed E-state index contributed by atoms with van der Waals surface area (Å²) >= 11 is 0. The van der Waals surface area contributed by atoms with Gasteiger partial charge < -0.3 is 29.3 Å². The molecule has 0 saturated heterocycles. The average molecular weight is 280 g/mol. The van der Waals surface area contributed by atoms with E-state index in [2.05, 4.69) is 0 Å². The standard InChI is InChI=1S/C13H14O7/c1-6(14)7-4-9(19-2)10(20-3)5-8(7)11(12(15)16)13(17)18/h4-5,11H,1-3H3,(H,15,16)(H,17,18)/p-2. The van der Waals surface area contributed by atoms with E-state index in [-0.39, 0.29) is 22.6 Å². The molecule has 0 heterocycles. The number of carbonyl (C=O) groups excluding carboxylic acids is 3. The van der Waals surface area contributed by atoms with Crippen molar-refractivity contribution in [3.8, 4) is 11.5 Å². The predicted molar refractivity (Wildman–Crippen MR) is 62.3 cm³/mol. The van der Waals surface area contributed by atoms with Crippen molar-refractivity contribution in [3.05, 3.63) is 23.3 Å². The largest absolute Gasteiger partial charge is 0.549 e. The zero-order valence-corrected chi connectivity index (χ0v) is 11.1. The fraction of sp³-hybridized carbons (Fsp3) is 0.308. The molecule has 0 aliphatic carbocycles. The molecule has 0 spiro atoms. The van der Waals surface area contributed by atoms with Gasteiger partial charge in [0.15, 0.2) is 17.3 Å². The maximum atomic E-state index is 11.6. The molecular weight excluding hydrogens is 268 g/mol. The number of hydrogen-bond acceptors (Lipinski definition) is 7. The van der Waals surface area contributed by atoms with Crippen molar-refractivity contribution in [3.63, 3.8) is 0 Å². The van der Waals surface area contributed by atoms with Crippen LogP contribution in [-0.4, -0.2) is 31.9 Å². The molecule has 0 aromatic heterocycles. The van der Waals surface area contributed by atoms with Gasteiger partial charge in [0.05, 0.1) is 32.1 Å². The third-order valence-corrected chi connectivity index (χ3v) is 2.72. The fourth-order valence-electron chi connectivity index (χ4n) is 1.79. The van der Waals surface area contributed by atoms with E-state index in [1.165, 1.54) is 27.2 Å². The minimum absolute atomic E-state index is 0.0972. The number of ketones is 1. The van der Waals surface area contributed by atoms with Gasteiger partial charge in [-0.05, 0) is 24.6 Å². The van der Waals surface area contributed by atoms with Crippen LogP contribution in [0.2, 0.25) is 0 Å². The van der Waals surface area contributed by atoms with Gasteiger partial charge in [0.25, 0.3) is 0 Å². The Labute approximate surface area is 114 Å². The molecule has 0 N–H and O–H groups in total. The van der Waals surface area contributed by atoms with Crippen LogP contribution in [0.3, 0.4) is 0 Å². The molecule has 0 atom stereocenters. The maximum Gasteiger partial charge on any atom is 0.161 e. The van der Waals surface area contributed by atoms with E-state index in [0.29, 0.717) is 0 Å². The normalized spacial score (nSPS) is 10.2. The first-order valence-corrected chi connectivity index (χ1v) is 5.52. The van der Waals surface area contributed by atoms with E-state index < -0.39 is 23.6 Å². The van der Waals surface area contributed by atoms with Gasteiger partial charge in [-0.1, -0.05) is 0 Å². The van der Waals surface area contributed by atoms with E-state index >= 15 is 0 Å². The minimum atomic E-state index is -2.08. The van der Waals surface area contributed by atoms with E-state index in [1.807, 2.05) is 0 Å². The molecule has 0 radical (unpaired) electrons. The minimum Gasteiger partial charge on any atom is -0.549 e. The summed E-state index contributed by atoms with van der Waals surface area (Å²) in [4.78, 5) is 33.5. The Kier molecular flexibility index (Phi) is 4.68. The van der Waals surface area contributed by atoms with Crippen molar-refractivity contribution < 1.29 is 34.1 Å². The lowest BCUT2D eigenvalue weighted by Crippen LogP contribution is -2.42.